The van der Waals surface area contributed by atoms with Crippen molar-refractivity contribution in [1.82, 2.24) is 4.90 Å². The van der Waals surface area contributed by atoms with Crippen molar-refractivity contribution in [3.05, 3.63) is 28.2 Å². The molecule has 0 bridgehead atoms. The van der Waals surface area contributed by atoms with Crippen molar-refractivity contribution in [2.24, 2.45) is 5.73 Å². The van der Waals surface area contributed by atoms with E-state index in [4.69, 9.17) is 28.9 Å². The summed E-state index contributed by atoms with van der Waals surface area (Å²) in [7, 11) is 0. The Morgan fingerprint density at radius 3 is 2.90 bits per heavy atom. The topological polar surface area (TPSA) is 58.4 Å². The molecule has 3 N–H and O–H groups in total. The van der Waals surface area contributed by atoms with Crippen molar-refractivity contribution in [1.29, 1.82) is 0 Å². The van der Waals surface area contributed by atoms with Crippen LogP contribution in [-0.4, -0.2) is 36.0 Å². The summed E-state index contributed by atoms with van der Waals surface area (Å²) >= 11 is 12.0. The molecule has 1 amide bonds. The van der Waals surface area contributed by atoms with Crippen molar-refractivity contribution in [2.75, 3.05) is 18.4 Å². The van der Waals surface area contributed by atoms with Crippen LogP contribution in [0.3, 0.4) is 0 Å². The fourth-order valence-corrected chi connectivity index (χ4v) is 3.16. The van der Waals surface area contributed by atoms with E-state index in [9.17, 15) is 4.79 Å². The SMILES string of the molecule is CC1CCCC(CN)N1CC(=O)Nc1cc(Cl)ccc1Cl. The van der Waals surface area contributed by atoms with Gasteiger partial charge >= 0.3 is 0 Å². The molecular formula is C15H21Cl2N3O. The van der Waals surface area contributed by atoms with Crippen LogP contribution >= 0.6 is 23.2 Å². The number of nitrogens with zero attached hydrogens (tertiary/aromatic N) is 1. The highest BCUT2D eigenvalue weighted by atomic mass is 35.5. The van der Waals surface area contributed by atoms with Crippen LogP contribution in [0.2, 0.25) is 10.0 Å². The second kappa shape index (κ2) is 7.45. The van der Waals surface area contributed by atoms with Gasteiger partial charge < -0.3 is 11.1 Å². The van der Waals surface area contributed by atoms with E-state index in [1.807, 2.05) is 0 Å². The van der Waals surface area contributed by atoms with Crippen molar-refractivity contribution < 1.29 is 4.79 Å². The van der Waals surface area contributed by atoms with Crippen LogP contribution in [0.15, 0.2) is 18.2 Å². The van der Waals surface area contributed by atoms with Gasteiger partial charge in [-0.15, -0.1) is 0 Å². The molecule has 0 saturated carbocycles. The lowest BCUT2D eigenvalue weighted by molar-refractivity contribution is -0.118. The molecule has 1 aromatic carbocycles. The number of nitrogens with two attached hydrogens (primary N) is 1. The number of benzene rings is 1. The lowest BCUT2D eigenvalue weighted by Gasteiger charge is -2.39. The Bertz CT molecular complexity index is 510. The van der Waals surface area contributed by atoms with E-state index in [1.165, 1.54) is 6.42 Å². The summed E-state index contributed by atoms with van der Waals surface area (Å²) in [5.41, 5.74) is 6.36. The predicted molar refractivity (Wildman–Crippen MR) is 88.0 cm³/mol. The molecule has 1 aliphatic heterocycles. The maximum Gasteiger partial charge on any atom is 0.238 e. The molecule has 2 unspecified atom stereocenters. The van der Waals surface area contributed by atoms with Gasteiger partial charge in [-0.25, -0.2) is 0 Å². The molecule has 0 aromatic heterocycles. The zero-order valence-electron chi connectivity index (χ0n) is 12.1. The number of hydrogen-bond donors (Lipinski definition) is 2. The molecule has 1 heterocycles. The first-order valence-electron chi connectivity index (χ1n) is 7.22. The Labute approximate surface area is 135 Å². The molecule has 1 saturated heterocycles. The number of carbonyl (C=O) groups excluding carboxylic acids is 1. The van der Waals surface area contributed by atoms with Gasteiger partial charge in [0.05, 0.1) is 17.3 Å². The Morgan fingerprint density at radius 1 is 1.43 bits per heavy atom. The van der Waals surface area contributed by atoms with Gasteiger partial charge in [-0.05, 0) is 38.0 Å². The number of hydrogen-bond acceptors (Lipinski definition) is 3. The number of likely N-dealkylation sites (tertiary alicyclic amines) is 1. The Balaban J connectivity index is 2.01. The van der Waals surface area contributed by atoms with E-state index in [1.54, 1.807) is 18.2 Å². The lowest BCUT2D eigenvalue weighted by atomic mass is 9.96. The first-order valence-corrected chi connectivity index (χ1v) is 7.97. The number of halogens is 2. The van der Waals surface area contributed by atoms with E-state index in [0.717, 1.165) is 12.8 Å². The standard InChI is InChI=1S/C15H21Cl2N3O/c1-10-3-2-4-12(8-18)20(10)9-15(21)19-14-7-11(16)5-6-13(14)17/h5-7,10,12H,2-4,8-9,18H2,1H3,(H,19,21). The van der Waals surface area contributed by atoms with Crippen LogP contribution < -0.4 is 11.1 Å². The molecule has 0 radical (unpaired) electrons. The Kier molecular flexibility index (Phi) is 5.88. The lowest BCUT2D eigenvalue weighted by Crippen LogP contribution is -2.51. The number of anilines is 1. The first-order chi connectivity index (χ1) is 10.0. The maximum absolute atomic E-state index is 12.3. The summed E-state index contributed by atoms with van der Waals surface area (Å²) in [5, 5.41) is 3.85. The average molecular weight is 330 g/mol. The van der Waals surface area contributed by atoms with Gasteiger partial charge in [-0.2, -0.15) is 0 Å². The highest BCUT2D eigenvalue weighted by Gasteiger charge is 2.28. The van der Waals surface area contributed by atoms with Gasteiger partial charge in [0.15, 0.2) is 0 Å². The van der Waals surface area contributed by atoms with Crippen LogP contribution in [0.5, 0.6) is 0 Å². The maximum atomic E-state index is 12.3. The van der Waals surface area contributed by atoms with E-state index < -0.39 is 0 Å². The van der Waals surface area contributed by atoms with Gasteiger partial charge in [-0.3, -0.25) is 9.69 Å². The molecule has 1 aliphatic rings. The Hall–Kier alpha value is -0.810. The van der Waals surface area contributed by atoms with Crippen LogP contribution in [-0.2, 0) is 4.79 Å². The summed E-state index contributed by atoms with van der Waals surface area (Å²) in [4.78, 5) is 14.4. The number of piperidine rings is 1. The minimum absolute atomic E-state index is 0.0913. The van der Waals surface area contributed by atoms with Crippen LogP contribution in [0.4, 0.5) is 5.69 Å². The number of nitrogens with one attached hydrogen (secondary N) is 1. The number of rotatable bonds is 4. The third-order valence-electron chi connectivity index (χ3n) is 4.00. The van der Waals surface area contributed by atoms with E-state index in [2.05, 4.69) is 17.1 Å². The molecule has 2 atom stereocenters. The molecule has 0 spiro atoms. The minimum Gasteiger partial charge on any atom is -0.329 e. The molecule has 21 heavy (non-hydrogen) atoms. The van der Waals surface area contributed by atoms with Gasteiger partial charge in [0, 0.05) is 23.7 Å². The van der Waals surface area contributed by atoms with Gasteiger partial charge in [0.1, 0.15) is 0 Å². The molecule has 2 rings (SSSR count). The smallest absolute Gasteiger partial charge is 0.238 e. The van der Waals surface area contributed by atoms with Crippen LogP contribution in [0.1, 0.15) is 26.2 Å². The van der Waals surface area contributed by atoms with Crippen LogP contribution in [0.25, 0.3) is 0 Å². The van der Waals surface area contributed by atoms with Crippen molar-refractivity contribution in [3.8, 4) is 0 Å². The zero-order chi connectivity index (χ0) is 15.4. The third kappa shape index (κ3) is 4.33. The van der Waals surface area contributed by atoms with E-state index in [-0.39, 0.29) is 11.9 Å². The normalized spacial score (nSPS) is 23.0. The second-order valence-corrected chi connectivity index (χ2v) is 6.36. The fourth-order valence-electron chi connectivity index (χ4n) is 2.83. The molecule has 6 heteroatoms. The van der Waals surface area contributed by atoms with Crippen LogP contribution in [0, 0.1) is 0 Å². The average Bonchev–Trinajstić information content (AvgIpc) is 2.45. The molecule has 116 valence electrons. The highest BCUT2D eigenvalue weighted by molar-refractivity contribution is 6.35. The summed E-state index contributed by atoms with van der Waals surface area (Å²) in [5.74, 6) is -0.0913. The van der Waals surface area contributed by atoms with Crippen molar-refractivity contribution in [2.45, 2.75) is 38.3 Å². The van der Waals surface area contributed by atoms with Gasteiger partial charge in [0.25, 0.3) is 0 Å². The zero-order valence-corrected chi connectivity index (χ0v) is 13.6. The summed E-state index contributed by atoms with van der Waals surface area (Å²) in [6.45, 7) is 3.04. The highest BCUT2D eigenvalue weighted by Crippen LogP contribution is 2.26. The summed E-state index contributed by atoms with van der Waals surface area (Å²) in [6, 6.07) is 5.66. The van der Waals surface area contributed by atoms with Gasteiger partial charge in [0.2, 0.25) is 5.91 Å². The number of amides is 1. The van der Waals surface area contributed by atoms with Gasteiger partial charge in [-0.1, -0.05) is 29.6 Å². The summed E-state index contributed by atoms with van der Waals surface area (Å²) < 4.78 is 0. The Morgan fingerprint density at radius 2 is 2.19 bits per heavy atom. The quantitative estimate of drug-likeness (QED) is 0.892. The minimum atomic E-state index is -0.0913. The third-order valence-corrected chi connectivity index (χ3v) is 4.56. The monoisotopic (exact) mass is 329 g/mol. The van der Waals surface area contributed by atoms with E-state index >= 15 is 0 Å². The first kappa shape index (κ1) is 16.6. The molecule has 0 aliphatic carbocycles. The largest absolute Gasteiger partial charge is 0.329 e. The van der Waals surface area contributed by atoms with E-state index in [0.29, 0.717) is 34.9 Å². The van der Waals surface area contributed by atoms with Crippen molar-refractivity contribution >= 4 is 34.8 Å². The molecular weight excluding hydrogens is 309 g/mol. The predicted octanol–water partition coefficient (Wildman–Crippen LogP) is 3.13. The molecule has 1 aromatic rings. The summed E-state index contributed by atoms with van der Waals surface area (Å²) in [6.07, 6.45) is 3.31. The van der Waals surface area contributed by atoms with Crippen molar-refractivity contribution in [3.63, 3.8) is 0 Å². The number of carbonyl (C=O) groups is 1. The molecule has 1 fully saturated rings. The fraction of sp³-hybridized carbons (Fsp3) is 0.533. The molecule has 4 nitrogen and oxygen atoms in total. The second-order valence-electron chi connectivity index (χ2n) is 5.51.